The molecule has 124 valence electrons. The van der Waals surface area contributed by atoms with Crippen molar-refractivity contribution in [2.45, 2.75) is 38.1 Å². The second-order valence-corrected chi connectivity index (χ2v) is 6.78. The molecule has 0 radical (unpaired) electrons. The van der Waals surface area contributed by atoms with Crippen LogP contribution in [0.1, 0.15) is 24.5 Å². The molecule has 5 nitrogen and oxygen atoms in total. The lowest BCUT2D eigenvalue weighted by atomic mass is 9.99. The average Bonchev–Trinajstić information content (AvgIpc) is 3.23. The van der Waals surface area contributed by atoms with Crippen molar-refractivity contribution in [1.29, 1.82) is 0 Å². The number of hydrogen-bond acceptors (Lipinski definition) is 4. The van der Waals surface area contributed by atoms with Crippen LogP contribution >= 0.6 is 0 Å². The predicted molar refractivity (Wildman–Crippen MR) is 85.9 cm³/mol. The van der Waals surface area contributed by atoms with Crippen LogP contribution in [0.5, 0.6) is 0 Å². The molecule has 1 amide bonds. The molecule has 1 atom stereocenters. The molecule has 1 unspecified atom stereocenters. The third-order valence-electron chi connectivity index (χ3n) is 5.38. The van der Waals surface area contributed by atoms with Gasteiger partial charge in [-0.05, 0) is 24.5 Å². The van der Waals surface area contributed by atoms with E-state index >= 15 is 0 Å². The van der Waals surface area contributed by atoms with E-state index in [1.165, 1.54) is 11.1 Å². The van der Waals surface area contributed by atoms with Gasteiger partial charge in [0.05, 0.1) is 25.8 Å². The summed E-state index contributed by atoms with van der Waals surface area (Å²) in [5, 5.41) is 0. The van der Waals surface area contributed by atoms with E-state index < -0.39 is 5.79 Å². The monoisotopic (exact) mass is 316 g/mol. The maximum Gasteiger partial charge on any atom is 0.239 e. The lowest BCUT2D eigenvalue weighted by Crippen LogP contribution is -2.49. The van der Waals surface area contributed by atoms with E-state index in [1.54, 1.807) is 0 Å². The van der Waals surface area contributed by atoms with Gasteiger partial charge in [0.1, 0.15) is 0 Å². The van der Waals surface area contributed by atoms with Gasteiger partial charge in [0.2, 0.25) is 5.91 Å². The molecule has 1 aromatic carbocycles. The smallest absolute Gasteiger partial charge is 0.239 e. The molecule has 0 aliphatic carbocycles. The van der Waals surface area contributed by atoms with Gasteiger partial charge in [-0.2, -0.15) is 0 Å². The molecule has 1 spiro atoms. The zero-order valence-electron chi connectivity index (χ0n) is 13.7. The van der Waals surface area contributed by atoms with Crippen LogP contribution in [0.25, 0.3) is 0 Å². The van der Waals surface area contributed by atoms with Crippen LogP contribution in [0.4, 0.5) is 0 Å². The Bertz CT molecular complexity index is 598. The Morgan fingerprint density at radius 3 is 2.70 bits per heavy atom. The quantitative estimate of drug-likeness (QED) is 0.827. The van der Waals surface area contributed by atoms with Gasteiger partial charge in [-0.15, -0.1) is 0 Å². The zero-order valence-corrected chi connectivity index (χ0v) is 13.7. The zero-order chi connectivity index (χ0) is 15.9. The Morgan fingerprint density at radius 2 is 1.91 bits per heavy atom. The van der Waals surface area contributed by atoms with Gasteiger partial charge >= 0.3 is 0 Å². The number of fused-ring (bicyclic) bond motifs is 1. The van der Waals surface area contributed by atoms with Gasteiger partial charge in [-0.3, -0.25) is 9.69 Å². The fourth-order valence-corrected chi connectivity index (χ4v) is 3.95. The Balaban J connectivity index is 1.41. The Hall–Kier alpha value is -1.43. The highest BCUT2D eigenvalue weighted by Crippen LogP contribution is 2.32. The Labute approximate surface area is 137 Å². The molecule has 1 aromatic rings. The van der Waals surface area contributed by atoms with E-state index in [1.807, 2.05) is 11.8 Å². The normalized spacial score (nSPS) is 24.8. The largest absolute Gasteiger partial charge is 0.346 e. The lowest BCUT2D eigenvalue weighted by molar-refractivity contribution is -0.150. The van der Waals surface area contributed by atoms with Gasteiger partial charge in [-0.1, -0.05) is 24.3 Å². The maximum atomic E-state index is 12.9. The third kappa shape index (κ3) is 2.77. The fraction of sp³-hybridized carbons (Fsp3) is 0.611. The number of carbonyl (C=O) groups excluding carboxylic acids is 1. The van der Waals surface area contributed by atoms with Crippen molar-refractivity contribution >= 4 is 5.91 Å². The highest BCUT2D eigenvalue weighted by atomic mass is 16.7. The number of likely N-dealkylation sites (tertiary alicyclic amines) is 1. The second kappa shape index (κ2) is 5.89. The highest BCUT2D eigenvalue weighted by Gasteiger charge is 2.45. The number of hydrogen-bond donors (Lipinski definition) is 0. The summed E-state index contributed by atoms with van der Waals surface area (Å²) in [5.74, 6) is -0.238. The molecular formula is C18H24N2O3. The summed E-state index contributed by atoms with van der Waals surface area (Å²) in [4.78, 5) is 17.1. The van der Waals surface area contributed by atoms with Crippen molar-refractivity contribution in [2.24, 2.45) is 0 Å². The van der Waals surface area contributed by atoms with Crippen molar-refractivity contribution < 1.29 is 14.3 Å². The minimum Gasteiger partial charge on any atom is -0.346 e. The van der Waals surface area contributed by atoms with Crippen LogP contribution < -0.4 is 0 Å². The summed E-state index contributed by atoms with van der Waals surface area (Å²) in [7, 11) is 0. The van der Waals surface area contributed by atoms with E-state index in [-0.39, 0.29) is 11.9 Å². The van der Waals surface area contributed by atoms with Crippen LogP contribution in [0.2, 0.25) is 0 Å². The minimum atomic E-state index is -0.455. The standard InChI is InChI=1S/C18H24N2O3/c1-14(20-9-7-18(13-20)22-10-11-23-18)17(21)19-8-6-15-4-2-3-5-16(15)12-19/h2-5,14H,6-13H2,1H3. The van der Waals surface area contributed by atoms with Crippen LogP contribution in [0.15, 0.2) is 24.3 Å². The summed E-state index contributed by atoms with van der Waals surface area (Å²) >= 11 is 0. The van der Waals surface area contributed by atoms with Crippen molar-refractivity contribution in [2.75, 3.05) is 32.8 Å². The first kappa shape index (κ1) is 15.1. The molecular weight excluding hydrogens is 292 g/mol. The SMILES string of the molecule is CC(C(=O)N1CCc2ccccc2C1)N1CCC2(C1)OCCO2. The van der Waals surface area contributed by atoms with Crippen molar-refractivity contribution in [3.8, 4) is 0 Å². The van der Waals surface area contributed by atoms with E-state index in [2.05, 4.69) is 29.2 Å². The molecule has 3 heterocycles. The van der Waals surface area contributed by atoms with Crippen LogP contribution in [-0.4, -0.2) is 60.4 Å². The minimum absolute atomic E-state index is 0.118. The molecule has 0 N–H and O–H groups in total. The van der Waals surface area contributed by atoms with Gasteiger partial charge in [0.25, 0.3) is 0 Å². The van der Waals surface area contributed by atoms with Crippen molar-refractivity contribution in [3.05, 3.63) is 35.4 Å². The number of rotatable bonds is 2. The van der Waals surface area contributed by atoms with Crippen molar-refractivity contribution in [1.82, 2.24) is 9.80 Å². The third-order valence-corrected chi connectivity index (χ3v) is 5.38. The maximum absolute atomic E-state index is 12.9. The number of carbonyl (C=O) groups is 1. The Morgan fingerprint density at radius 1 is 1.17 bits per heavy atom. The summed E-state index contributed by atoms with van der Waals surface area (Å²) in [5.41, 5.74) is 2.65. The molecule has 2 saturated heterocycles. The number of benzene rings is 1. The molecule has 23 heavy (non-hydrogen) atoms. The second-order valence-electron chi connectivity index (χ2n) is 6.78. The van der Waals surface area contributed by atoms with E-state index in [0.29, 0.717) is 19.8 Å². The number of amides is 1. The van der Waals surface area contributed by atoms with Crippen LogP contribution in [-0.2, 0) is 27.2 Å². The molecule has 3 aliphatic rings. The van der Waals surface area contributed by atoms with Gasteiger partial charge in [0, 0.05) is 26.1 Å². The van der Waals surface area contributed by atoms with E-state index in [4.69, 9.17) is 9.47 Å². The van der Waals surface area contributed by atoms with Gasteiger partial charge < -0.3 is 14.4 Å². The summed E-state index contributed by atoms with van der Waals surface area (Å²) in [6, 6.07) is 8.30. The number of ether oxygens (including phenoxy) is 2. The first-order valence-corrected chi connectivity index (χ1v) is 8.54. The van der Waals surface area contributed by atoms with E-state index in [9.17, 15) is 4.79 Å². The van der Waals surface area contributed by atoms with Gasteiger partial charge in [0.15, 0.2) is 5.79 Å². The summed E-state index contributed by atoms with van der Waals surface area (Å²) in [6.45, 7) is 6.44. The molecule has 5 heteroatoms. The Kier molecular flexibility index (Phi) is 3.87. The average molecular weight is 316 g/mol. The lowest BCUT2D eigenvalue weighted by Gasteiger charge is -2.34. The van der Waals surface area contributed by atoms with Crippen molar-refractivity contribution in [3.63, 3.8) is 0 Å². The summed E-state index contributed by atoms with van der Waals surface area (Å²) < 4.78 is 11.5. The molecule has 3 aliphatic heterocycles. The highest BCUT2D eigenvalue weighted by molar-refractivity contribution is 5.81. The number of nitrogens with zero attached hydrogens (tertiary/aromatic N) is 2. The first-order valence-electron chi connectivity index (χ1n) is 8.54. The predicted octanol–water partition coefficient (Wildman–Crippen LogP) is 1.41. The summed E-state index contributed by atoms with van der Waals surface area (Å²) in [6.07, 6.45) is 1.80. The molecule has 4 rings (SSSR count). The molecule has 0 aromatic heterocycles. The molecule has 0 bridgehead atoms. The molecule has 0 saturated carbocycles. The molecule has 2 fully saturated rings. The topological polar surface area (TPSA) is 42.0 Å². The van der Waals surface area contributed by atoms with Crippen LogP contribution in [0, 0.1) is 0 Å². The first-order chi connectivity index (χ1) is 11.2. The van der Waals surface area contributed by atoms with Crippen LogP contribution in [0.3, 0.4) is 0 Å². The fourth-order valence-electron chi connectivity index (χ4n) is 3.95. The van der Waals surface area contributed by atoms with Gasteiger partial charge in [-0.25, -0.2) is 0 Å². The van der Waals surface area contributed by atoms with E-state index in [0.717, 1.165) is 32.5 Å².